The van der Waals surface area contributed by atoms with Gasteiger partial charge in [0.2, 0.25) is 0 Å². The van der Waals surface area contributed by atoms with E-state index >= 15 is 0 Å². The summed E-state index contributed by atoms with van der Waals surface area (Å²) in [5.41, 5.74) is 5.32. The quantitative estimate of drug-likeness (QED) is 0.489. The van der Waals surface area contributed by atoms with Crippen molar-refractivity contribution in [2.75, 3.05) is 4.72 Å². The maximum atomic E-state index is 13.0. The van der Waals surface area contributed by atoms with Crippen LogP contribution in [0, 0.1) is 0 Å². The van der Waals surface area contributed by atoms with Crippen LogP contribution < -0.4 is 4.72 Å². The Hall–Kier alpha value is -2.79. The largest absolute Gasteiger partial charge is 0.341 e. The fraction of sp³-hybridized carbons (Fsp3) is 0.250. The molecule has 0 bridgehead atoms. The van der Waals surface area contributed by atoms with E-state index in [-0.39, 0.29) is 0 Å². The van der Waals surface area contributed by atoms with Crippen LogP contribution in [0.25, 0.3) is 21.8 Å². The topological polar surface area (TPSA) is 51.1 Å². The molecule has 1 heterocycles. The van der Waals surface area contributed by atoms with E-state index in [1.165, 1.54) is 23.1 Å². The molecule has 1 aliphatic carbocycles. The minimum absolute atomic E-state index is 0.342. The Morgan fingerprint density at radius 2 is 1.62 bits per heavy atom. The molecule has 0 unspecified atom stereocenters. The molecule has 148 valence electrons. The molecule has 0 saturated carbocycles. The highest BCUT2D eigenvalue weighted by Gasteiger charge is 2.19. The van der Waals surface area contributed by atoms with Gasteiger partial charge in [-0.2, -0.15) is 0 Å². The summed E-state index contributed by atoms with van der Waals surface area (Å²) in [7, 11) is -3.62. The third kappa shape index (κ3) is 3.10. The second-order valence-corrected chi connectivity index (χ2v) is 9.42. The maximum absolute atomic E-state index is 13.0. The van der Waals surface area contributed by atoms with Crippen molar-refractivity contribution in [1.82, 2.24) is 4.57 Å². The zero-order chi connectivity index (χ0) is 20.0. The van der Waals surface area contributed by atoms with Crippen molar-refractivity contribution in [1.29, 1.82) is 0 Å². The second-order valence-electron chi connectivity index (χ2n) is 7.74. The lowest BCUT2D eigenvalue weighted by atomic mass is 9.92. The molecule has 5 rings (SSSR count). The zero-order valence-corrected chi connectivity index (χ0v) is 17.3. The summed E-state index contributed by atoms with van der Waals surface area (Å²) in [6.07, 6.45) is 4.31. The van der Waals surface area contributed by atoms with Gasteiger partial charge in [0.05, 0.1) is 4.90 Å². The molecule has 3 aromatic carbocycles. The Labute approximate surface area is 171 Å². The van der Waals surface area contributed by atoms with Crippen molar-refractivity contribution in [3.8, 4) is 0 Å². The van der Waals surface area contributed by atoms with E-state index < -0.39 is 10.0 Å². The summed E-state index contributed by atoms with van der Waals surface area (Å²) >= 11 is 0. The monoisotopic (exact) mass is 404 g/mol. The van der Waals surface area contributed by atoms with E-state index in [2.05, 4.69) is 28.3 Å². The third-order valence-corrected chi connectivity index (χ3v) is 7.35. The normalized spacial score (nSPS) is 14.2. The van der Waals surface area contributed by atoms with Crippen LogP contribution >= 0.6 is 0 Å². The average Bonchev–Trinajstić information content (AvgIpc) is 3.06. The molecule has 0 spiro atoms. The van der Waals surface area contributed by atoms with E-state index in [9.17, 15) is 8.42 Å². The number of nitrogens with zero attached hydrogens (tertiary/aromatic N) is 1. The minimum Gasteiger partial charge on any atom is -0.341 e. The smallest absolute Gasteiger partial charge is 0.261 e. The minimum atomic E-state index is -3.62. The highest BCUT2D eigenvalue weighted by atomic mass is 32.2. The number of rotatable bonds is 4. The van der Waals surface area contributed by atoms with Gasteiger partial charge in [-0.3, -0.25) is 4.72 Å². The van der Waals surface area contributed by atoms with Crippen LogP contribution in [0.2, 0.25) is 0 Å². The molecule has 0 radical (unpaired) electrons. The first-order valence-electron chi connectivity index (χ1n) is 10.2. The van der Waals surface area contributed by atoms with Gasteiger partial charge in [-0.1, -0.05) is 24.3 Å². The fourth-order valence-corrected chi connectivity index (χ4v) is 5.65. The summed E-state index contributed by atoms with van der Waals surface area (Å²) in [5, 5.41) is 2.20. The van der Waals surface area contributed by atoms with E-state index in [4.69, 9.17) is 0 Å². The average molecular weight is 405 g/mol. The van der Waals surface area contributed by atoms with Crippen molar-refractivity contribution in [3.05, 3.63) is 71.8 Å². The van der Waals surface area contributed by atoms with Gasteiger partial charge in [0.25, 0.3) is 10.0 Å². The first-order chi connectivity index (χ1) is 14.1. The SMILES string of the molecule is CCn1c2ccccc2c2cc(NS(=O)(=O)c3ccc4c(c3)CCCC4)ccc21. The van der Waals surface area contributed by atoms with Crippen molar-refractivity contribution >= 4 is 37.5 Å². The number of para-hydroxylation sites is 1. The van der Waals surface area contributed by atoms with E-state index in [1.807, 2.05) is 42.5 Å². The Morgan fingerprint density at radius 3 is 2.45 bits per heavy atom. The molecule has 4 aromatic rings. The first kappa shape index (κ1) is 18.3. The number of sulfonamides is 1. The van der Waals surface area contributed by atoms with Crippen molar-refractivity contribution in [3.63, 3.8) is 0 Å². The predicted molar refractivity (Wildman–Crippen MR) is 119 cm³/mol. The molecular formula is C24H24N2O2S. The number of benzene rings is 3. The number of nitrogens with one attached hydrogen (secondary N) is 1. The summed E-state index contributed by atoms with van der Waals surface area (Å²) in [6, 6.07) is 19.6. The van der Waals surface area contributed by atoms with Gasteiger partial charge in [0.15, 0.2) is 0 Å². The summed E-state index contributed by atoms with van der Waals surface area (Å²) in [6.45, 7) is 2.99. The Balaban J connectivity index is 1.55. The highest BCUT2D eigenvalue weighted by molar-refractivity contribution is 7.92. The van der Waals surface area contributed by atoms with Crippen molar-refractivity contribution in [2.24, 2.45) is 0 Å². The molecule has 0 fully saturated rings. The Morgan fingerprint density at radius 1 is 0.862 bits per heavy atom. The third-order valence-electron chi connectivity index (χ3n) is 5.97. The zero-order valence-electron chi connectivity index (χ0n) is 16.5. The van der Waals surface area contributed by atoms with E-state index in [0.717, 1.165) is 42.1 Å². The van der Waals surface area contributed by atoms with E-state index in [0.29, 0.717) is 10.6 Å². The number of anilines is 1. The summed E-state index contributed by atoms with van der Waals surface area (Å²) < 4.78 is 31.1. The molecule has 1 aromatic heterocycles. The molecule has 4 nitrogen and oxygen atoms in total. The van der Waals surface area contributed by atoms with E-state index in [1.54, 1.807) is 6.07 Å². The van der Waals surface area contributed by atoms with Crippen LogP contribution in [0.5, 0.6) is 0 Å². The van der Waals surface area contributed by atoms with Crippen LogP contribution in [-0.2, 0) is 29.4 Å². The summed E-state index contributed by atoms with van der Waals surface area (Å²) in [4.78, 5) is 0.342. The van der Waals surface area contributed by atoms with Crippen molar-refractivity contribution in [2.45, 2.75) is 44.0 Å². The molecular weight excluding hydrogens is 380 g/mol. The number of fused-ring (bicyclic) bond motifs is 4. The molecule has 0 amide bonds. The van der Waals surface area contributed by atoms with Gasteiger partial charge in [0.1, 0.15) is 0 Å². The van der Waals surface area contributed by atoms with Crippen LogP contribution in [0.1, 0.15) is 30.9 Å². The second kappa shape index (κ2) is 6.92. The molecule has 5 heteroatoms. The lowest BCUT2D eigenvalue weighted by Gasteiger charge is -2.17. The number of hydrogen-bond donors (Lipinski definition) is 1. The number of hydrogen-bond acceptors (Lipinski definition) is 2. The maximum Gasteiger partial charge on any atom is 0.261 e. The van der Waals surface area contributed by atoms with Gasteiger partial charge < -0.3 is 4.57 Å². The first-order valence-corrected chi connectivity index (χ1v) is 11.7. The van der Waals surface area contributed by atoms with Crippen molar-refractivity contribution < 1.29 is 8.42 Å². The van der Waals surface area contributed by atoms with Crippen LogP contribution in [0.15, 0.2) is 65.6 Å². The Kier molecular flexibility index (Phi) is 4.36. The Bertz CT molecular complexity index is 1340. The molecule has 1 N–H and O–H groups in total. The number of aryl methyl sites for hydroxylation is 3. The molecule has 29 heavy (non-hydrogen) atoms. The predicted octanol–water partition coefficient (Wildman–Crippen LogP) is 5.49. The van der Waals surface area contributed by atoms with Crippen LogP contribution in [0.4, 0.5) is 5.69 Å². The van der Waals surface area contributed by atoms with Crippen LogP contribution in [-0.4, -0.2) is 13.0 Å². The standard InChI is InChI=1S/C24H24N2O2S/c1-2-26-23-10-6-5-9-21(23)22-16-19(12-14-24(22)26)25-29(27,28)20-13-11-17-7-3-4-8-18(17)15-20/h5-6,9-16,25H,2-4,7-8H2,1H3. The number of aromatic nitrogens is 1. The molecule has 0 aliphatic heterocycles. The lowest BCUT2D eigenvalue weighted by molar-refractivity contribution is 0.600. The summed E-state index contributed by atoms with van der Waals surface area (Å²) in [5.74, 6) is 0. The molecule has 0 atom stereocenters. The van der Waals surface area contributed by atoms with Gasteiger partial charge in [0, 0.05) is 34.0 Å². The van der Waals surface area contributed by atoms with Gasteiger partial charge in [-0.25, -0.2) is 8.42 Å². The van der Waals surface area contributed by atoms with Gasteiger partial charge in [-0.15, -0.1) is 0 Å². The van der Waals surface area contributed by atoms with Gasteiger partial charge in [-0.05, 0) is 80.1 Å². The van der Waals surface area contributed by atoms with Gasteiger partial charge >= 0.3 is 0 Å². The fourth-order valence-electron chi connectivity index (χ4n) is 4.55. The molecule has 0 saturated heterocycles. The van der Waals surface area contributed by atoms with Crippen LogP contribution in [0.3, 0.4) is 0 Å². The highest BCUT2D eigenvalue weighted by Crippen LogP contribution is 2.32. The molecule has 1 aliphatic rings. The lowest BCUT2D eigenvalue weighted by Crippen LogP contribution is -2.14.